The van der Waals surface area contributed by atoms with Gasteiger partial charge in [-0.2, -0.15) is 0 Å². The molecule has 0 saturated carbocycles. The van der Waals surface area contributed by atoms with E-state index in [1.54, 1.807) is 0 Å². The van der Waals surface area contributed by atoms with Crippen LogP contribution in [0.4, 0.5) is 0 Å². The third-order valence-electron chi connectivity index (χ3n) is 2.93. The SMILES string of the molecule is c1ccc(-c2ccccc2C2=NOCC2)cc1. The van der Waals surface area contributed by atoms with Crippen LogP contribution in [0.5, 0.6) is 0 Å². The van der Waals surface area contributed by atoms with Crippen LogP contribution >= 0.6 is 0 Å². The molecule has 2 nitrogen and oxygen atoms in total. The molecule has 0 unspecified atom stereocenters. The van der Waals surface area contributed by atoms with Gasteiger partial charge < -0.3 is 4.84 Å². The van der Waals surface area contributed by atoms with E-state index in [-0.39, 0.29) is 0 Å². The van der Waals surface area contributed by atoms with E-state index in [1.807, 2.05) is 12.1 Å². The Kier molecular flexibility index (Phi) is 2.62. The standard InChI is InChI=1S/C15H13NO/c1-2-6-12(7-3-1)13-8-4-5-9-14(13)15-10-11-17-16-15/h1-9H,10-11H2. The lowest BCUT2D eigenvalue weighted by Crippen LogP contribution is -1.99. The lowest BCUT2D eigenvalue weighted by Gasteiger charge is -2.08. The van der Waals surface area contributed by atoms with Gasteiger partial charge in [0.15, 0.2) is 0 Å². The number of hydrogen-bond acceptors (Lipinski definition) is 2. The fourth-order valence-electron chi connectivity index (χ4n) is 2.10. The number of nitrogens with zero attached hydrogens (tertiary/aromatic N) is 1. The third-order valence-corrected chi connectivity index (χ3v) is 2.93. The first-order chi connectivity index (χ1) is 8.45. The lowest BCUT2D eigenvalue weighted by molar-refractivity contribution is 0.174. The van der Waals surface area contributed by atoms with Gasteiger partial charge in [0.1, 0.15) is 6.61 Å². The summed E-state index contributed by atoms with van der Waals surface area (Å²) in [7, 11) is 0. The number of hydrogen-bond donors (Lipinski definition) is 0. The number of oxime groups is 1. The summed E-state index contributed by atoms with van der Waals surface area (Å²) in [4.78, 5) is 5.09. The Bertz CT molecular complexity index is 546. The summed E-state index contributed by atoms with van der Waals surface area (Å²) in [6.07, 6.45) is 0.893. The van der Waals surface area contributed by atoms with Gasteiger partial charge in [0.2, 0.25) is 0 Å². The molecule has 0 radical (unpaired) electrons. The highest BCUT2D eigenvalue weighted by molar-refractivity contribution is 6.06. The summed E-state index contributed by atoms with van der Waals surface area (Å²) in [6, 6.07) is 18.7. The van der Waals surface area contributed by atoms with Gasteiger partial charge >= 0.3 is 0 Å². The van der Waals surface area contributed by atoms with Crippen LogP contribution in [0, 0.1) is 0 Å². The van der Waals surface area contributed by atoms with Crippen LogP contribution in [-0.2, 0) is 4.84 Å². The minimum Gasteiger partial charge on any atom is -0.395 e. The topological polar surface area (TPSA) is 21.6 Å². The predicted molar refractivity (Wildman–Crippen MR) is 69.0 cm³/mol. The maximum atomic E-state index is 5.09. The maximum absolute atomic E-state index is 5.09. The van der Waals surface area contributed by atoms with Gasteiger partial charge in [-0.25, -0.2) is 0 Å². The zero-order chi connectivity index (χ0) is 11.5. The van der Waals surface area contributed by atoms with E-state index in [0.717, 1.165) is 12.1 Å². The molecule has 0 spiro atoms. The van der Waals surface area contributed by atoms with E-state index >= 15 is 0 Å². The maximum Gasteiger partial charge on any atom is 0.122 e. The Morgan fingerprint density at radius 3 is 2.24 bits per heavy atom. The average molecular weight is 223 g/mol. The molecule has 1 heterocycles. The number of benzene rings is 2. The highest BCUT2D eigenvalue weighted by Gasteiger charge is 2.14. The van der Waals surface area contributed by atoms with Crippen molar-refractivity contribution in [3.05, 3.63) is 60.2 Å². The molecule has 0 saturated heterocycles. The molecule has 84 valence electrons. The van der Waals surface area contributed by atoms with E-state index in [9.17, 15) is 0 Å². The Hall–Kier alpha value is -2.09. The second-order valence-corrected chi connectivity index (χ2v) is 4.03. The Morgan fingerprint density at radius 1 is 0.824 bits per heavy atom. The average Bonchev–Trinajstić information content (AvgIpc) is 2.94. The molecule has 0 bridgehead atoms. The van der Waals surface area contributed by atoms with Crippen LogP contribution in [0.15, 0.2) is 59.8 Å². The zero-order valence-corrected chi connectivity index (χ0v) is 9.47. The molecule has 1 aliphatic rings. The Labute approximate surface area is 101 Å². The van der Waals surface area contributed by atoms with Crippen LogP contribution in [-0.4, -0.2) is 12.3 Å². The summed E-state index contributed by atoms with van der Waals surface area (Å²) >= 11 is 0. The van der Waals surface area contributed by atoms with Crippen LogP contribution in [0.1, 0.15) is 12.0 Å². The van der Waals surface area contributed by atoms with Crippen LogP contribution in [0.3, 0.4) is 0 Å². The minimum atomic E-state index is 0.693. The second kappa shape index (κ2) is 4.42. The van der Waals surface area contributed by atoms with E-state index < -0.39 is 0 Å². The Balaban J connectivity index is 2.11. The van der Waals surface area contributed by atoms with Crippen molar-refractivity contribution in [3.8, 4) is 11.1 Å². The van der Waals surface area contributed by atoms with Gasteiger partial charge in [-0.1, -0.05) is 59.8 Å². The molecule has 0 amide bonds. The fraction of sp³-hybridized carbons (Fsp3) is 0.133. The highest BCUT2D eigenvalue weighted by atomic mass is 16.6. The summed E-state index contributed by atoms with van der Waals surface area (Å²) in [6.45, 7) is 0.693. The molecule has 0 N–H and O–H groups in total. The van der Waals surface area contributed by atoms with Gasteiger partial charge in [0.05, 0.1) is 5.71 Å². The summed E-state index contributed by atoms with van der Waals surface area (Å²) in [5.74, 6) is 0. The van der Waals surface area contributed by atoms with Crippen molar-refractivity contribution in [2.24, 2.45) is 5.16 Å². The third kappa shape index (κ3) is 1.94. The van der Waals surface area contributed by atoms with E-state index in [0.29, 0.717) is 6.61 Å². The van der Waals surface area contributed by atoms with Gasteiger partial charge in [0.25, 0.3) is 0 Å². The van der Waals surface area contributed by atoms with Gasteiger partial charge in [-0.15, -0.1) is 0 Å². The first-order valence-corrected chi connectivity index (χ1v) is 5.79. The highest BCUT2D eigenvalue weighted by Crippen LogP contribution is 2.25. The van der Waals surface area contributed by atoms with Crippen molar-refractivity contribution >= 4 is 5.71 Å². The zero-order valence-electron chi connectivity index (χ0n) is 9.47. The van der Waals surface area contributed by atoms with Crippen molar-refractivity contribution in [3.63, 3.8) is 0 Å². The fourth-order valence-corrected chi connectivity index (χ4v) is 2.10. The monoisotopic (exact) mass is 223 g/mol. The van der Waals surface area contributed by atoms with Crippen molar-refractivity contribution in [2.75, 3.05) is 6.61 Å². The molecule has 0 fully saturated rings. The van der Waals surface area contributed by atoms with Gasteiger partial charge in [-0.3, -0.25) is 0 Å². The Morgan fingerprint density at radius 2 is 1.53 bits per heavy atom. The van der Waals surface area contributed by atoms with Crippen molar-refractivity contribution in [2.45, 2.75) is 6.42 Å². The van der Waals surface area contributed by atoms with Crippen molar-refractivity contribution < 1.29 is 4.84 Å². The van der Waals surface area contributed by atoms with Crippen molar-refractivity contribution in [1.82, 2.24) is 0 Å². The summed E-state index contributed by atoms with van der Waals surface area (Å²) in [5.41, 5.74) is 4.66. The van der Waals surface area contributed by atoms with E-state index in [2.05, 4.69) is 47.6 Å². The first-order valence-electron chi connectivity index (χ1n) is 5.79. The van der Waals surface area contributed by atoms with Crippen LogP contribution in [0.25, 0.3) is 11.1 Å². The van der Waals surface area contributed by atoms with Crippen molar-refractivity contribution in [1.29, 1.82) is 0 Å². The van der Waals surface area contributed by atoms with Crippen LogP contribution < -0.4 is 0 Å². The normalized spacial score (nSPS) is 14.2. The predicted octanol–water partition coefficient (Wildman–Crippen LogP) is 3.48. The van der Waals surface area contributed by atoms with Gasteiger partial charge in [-0.05, 0) is 11.1 Å². The molecule has 0 aromatic heterocycles. The molecule has 2 aromatic carbocycles. The van der Waals surface area contributed by atoms with Crippen LogP contribution in [0.2, 0.25) is 0 Å². The largest absolute Gasteiger partial charge is 0.395 e. The number of rotatable bonds is 2. The van der Waals surface area contributed by atoms with Gasteiger partial charge in [0, 0.05) is 12.0 Å². The molecule has 3 rings (SSSR count). The summed E-state index contributed by atoms with van der Waals surface area (Å²) < 4.78 is 0. The molecule has 1 aliphatic heterocycles. The molecular formula is C15H13NO. The molecule has 17 heavy (non-hydrogen) atoms. The molecular weight excluding hydrogens is 210 g/mol. The molecule has 2 aromatic rings. The summed E-state index contributed by atoms with van der Waals surface area (Å²) in [5, 5.41) is 4.11. The van der Waals surface area contributed by atoms with E-state index in [4.69, 9.17) is 4.84 Å². The quantitative estimate of drug-likeness (QED) is 0.763. The smallest absolute Gasteiger partial charge is 0.122 e. The minimum absolute atomic E-state index is 0.693. The molecule has 2 heteroatoms. The first kappa shape index (κ1) is 10.1. The lowest BCUT2D eigenvalue weighted by atomic mass is 9.96. The molecule has 0 aliphatic carbocycles. The second-order valence-electron chi connectivity index (χ2n) is 4.03. The van der Waals surface area contributed by atoms with E-state index in [1.165, 1.54) is 16.7 Å². The molecule has 0 atom stereocenters.